The fourth-order valence-electron chi connectivity index (χ4n) is 3.26. The molecule has 1 aliphatic rings. The predicted octanol–water partition coefficient (Wildman–Crippen LogP) is 3.69. The Morgan fingerprint density at radius 3 is 2.82 bits per heavy atom. The van der Waals surface area contributed by atoms with Gasteiger partial charge in [-0.3, -0.25) is 0 Å². The topological polar surface area (TPSA) is 20.2 Å². The highest BCUT2D eigenvalue weighted by atomic mass is 16.3. The summed E-state index contributed by atoms with van der Waals surface area (Å²) in [4.78, 5) is 0. The quantitative estimate of drug-likeness (QED) is 0.839. The van der Waals surface area contributed by atoms with Gasteiger partial charge in [-0.25, -0.2) is 0 Å². The molecule has 0 saturated heterocycles. The van der Waals surface area contributed by atoms with E-state index in [0.29, 0.717) is 12.5 Å². The molecule has 1 heteroatoms. The summed E-state index contributed by atoms with van der Waals surface area (Å²) >= 11 is 0. The van der Waals surface area contributed by atoms with E-state index >= 15 is 0 Å². The molecule has 0 aromatic heterocycles. The molecule has 0 fully saturated rings. The van der Waals surface area contributed by atoms with Crippen LogP contribution in [0.1, 0.15) is 50.7 Å². The SMILES string of the molecule is CCC(C)CC1(CO)CCCc2ccccc21. The average molecular weight is 232 g/mol. The fraction of sp³-hybridized carbons (Fsp3) is 0.625. The van der Waals surface area contributed by atoms with Crippen LogP contribution in [0.2, 0.25) is 0 Å². The Kier molecular flexibility index (Phi) is 3.88. The van der Waals surface area contributed by atoms with Crippen LogP contribution in [-0.4, -0.2) is 11.7 Å². The third kappa shape index (κ3) is 2.40. The largest absolute Gasteiger partial charge is 0.395 e. The molecule has 0 radical (unpaired) electrons. The zero-order valence-electron chi connectivity index (χ0n) is 11.1. The standard InChI is InChI=1S/C16H24O/c1-3-13(2)11-16(12-17)10-6-8-14-7-4-5-9-15(14)16/h4-5,7,9,13,17H,3,6,8,10-12H2,1-2H3. The van der Waals surface area contributed by atoms with Gasteiger partial charge in [0.1, 0.15) is 0 Å². The first-order valence-electron chi connectivity index (χ1n) is 6.91. The number of aryl methyl sites for hydroxylation is 1. The van der Waals surface area contributed by atoms with Gasteiger partial charge in [0.25, 0.3) is 0 Å². The number of aliphatic hydroxyl groups is 1. The molecule has 0 heterocycles. The minimum absolute atomic E-state index is 0.0320. The van der Waals surface area contributed by atoms with E-state index in [9.17, 15) is 5.11 Å². The van der Waals surface area contributed by atoms with Crippen molar-refractivity contribution in [3.8, 4) is 0 Å². The van der Waals surface area contributed by atoms with Crippen molar-refractivity contribution in [1.29, 1.82) is 0 Å². The first-order chi connectivity index (χ1) is 8.22. The van der Waals surface area contributed by atoms with E-state index < -0.39 is 0 Å². The maximum absolute atomic E-state index is 9.93. The summed E-state index contributed by atoms with van der Waals surface area (Å²) in [5.41, 5.74) is 2.90. The molecule has 1 aromatic rings. The van der Waals surface area contributed by atoms with Gasteiger partial charge in [-0.05, 0) is 42.7 Å². The highest BCUT2D eigenvalue weighted by Gasteiger charge is 2.36. The summed E-state index contributed by atoms with van der Waals surface area (Å²) in [5, 5.41) is 9.93. The van der Waals surface area contributed by atoms with Gasteiger partial charge in [-0.1, -0.05) is 44.5 Å². The monoisotopic (exact) mass is 232 g/mol. The van der Waals surface area contributed by atoms with E-state index in [1.165, 1.54) is 30.4 Å². The summed E-state index contributed by atoms with van der Waals surface area (Å²) in [5.74, 6) is 0.688. The molecule has 2 unspecified atom stereocenters. The van der Waals surface area contributed by atoms with Gasteiger partial charge in [0.2, 0.25) is 0 Å². The minimum Gasteiger partial charge on any atom is -0.395 e. The smallest absolute Gasteiger partial charge is 0.0528 e. The molecule has 0 spiro atoms. The lowest BCUT2D eigenvalue weighted by atomic mass is 9.66. The van der Waals surface area contributed by atoms with Crippen LogP contribution >= 0.6 is 0 Å². The number of fused-ring (bicyclic) bond motifs is 1. The number of hydrogen-bond acceptors (Lipinski definition) is 1. The molecule has 0 saturated carbocycles. The van der Waals surface area contributed by atoms with Crippen LogP contribution in [0, 0.1) is 5.92 Å². The Balaban J connectivity index is 2.35. The van der Waals surface area contributed by atoms with Gasteiger partial charge >= 0.3 is 0 Å². The Labute approximate surface area is 105 Å². The molecule has 17 heavy (non-hydrogen) atoms. The Bertz CT molecular complexity index is 372. The van der Waals surface area contributed by atoms with Crippen molar-refractivity contribution in [2.24, 2.45) is 5.92 Å². The van der Waals surface area contributed by atoms with E-state index in [-0.39, 0.29) is 5.41 Å². The number of rotatable bonds is 4. The molecule has 2 atom stereocenters. The van der Waals surface area contributed by atoms with Crippen LogP contribution in [0.15, 0.2) is 24.3 Å². The van der Waals surface area contributed by atoms with Crippen LogP contribution in [0.5, 0.6) is 0 Å². The summed E-state index contributed by atoms with van der Waals surface area (Å²) < 4.78 is 0. The van der Waals surface area contributed by atoms with Crippen LogP contribution in [0.4, 0.5) is 0 Å². The number of aliphatic hydroxyl groups excluding tert-OH is 1. The van der Waals surface area contributed by atoms with E-state index in [1.54, 1.807) is 0 Å². The maximum Gasteiger partial charge on any atom is 0.0528 e. The highest BCUT2D eigenvalue weighted by molar-refractivity contribution is 5.37. The molecule has 1 aromatic carbocycles. The summed E-state index contributed by atoms with van der Waals surface area (Å²) in [6, 6.07) is 8.70. The lowest BCUT2D eigenvalue weighted by molar-refractivity contribution is 0.147. The zero-order chi connectivity index (χ0) is 12.3. The summed E-state index contributed by atoms with van der Waals surface area (Å²) in [6.45, 7) is 4.84. The lowest BCUT2D eigenvalue weighted by Gasteiger charge is -2.39. The first-order valence-corrected chi connectivity index (χ1v) is 6.91. The Morgan fingerprint density at radius 1 is 1.35 bits per heavy atom. The molecular weight excluding hydrogens is 208 g/mol. The molecule has 1 aliphatic carbocycles. The van der Waals surface area contributed by atoms with Gasteiger partial charge in [0.05, 0.1) is 6.61 Å². The van der Waals surface area contributed by atoms with Gasteiger partial charge < -0.3 is 5.11 Å². The Morgan fingerprint density at radius 2 is 2.12 bits per heavy atom. The van der Waals surface area contributed by atoms with E-state index in [0.717, 1.165) is 12.8 Å². The number of benzene rings is 1. The van der Waals surface area contributed by atoms with Crippen molar-refractivity contribution in [2.45, 2.75) is 51.4 Å². The van der Waals surface area contributed by atoms with E-state index in [2.05, 4.69) is 38.1 Å². The molecule has 1 N–H and O–H groups in total. The maximum atomic E-state index is 9.93. The van der Waals surface area contributed by atoms with E-state index in [4.69, 9.17) is 0 Å². The molecular formula is C16H24O. The van der Waals surface area contributed by atoms with Gasteiger partial charge in [0.15, 0.2) is 0 Å². The van der Waals surface area contributed by atoms with Crippen molar-refractivity contribution >= 4 is 0 Å². The van der Waals surface area contributed by atoms with Crippen molar-refractivity contribution in [3.05, 3.63) is 35.4 Å². The third-order valence-corrected chi connectivity index (χ3v) is 4.43. The molecule has 2 rings (SSSR count). The van der Waals surface area contributed by atoms with Crippen LogP contribution < -0.4 is 0 Å². The first kappa shape index (κ1) is 12.6. The zero-order valence-corrected chi connectivity index (χ0v) is 11.1. The van der Waals surface area contributed by atoms with Crippen LogP contribution in [0.25, 0.3) is 0 Å². The van der Waals surface area contributed by atoms with Crippen molar-refractivity contribution in [3.63, 3.8) is 0 Å². The van der Waals surface area contributed by atoms with E-state index in [1.807, 2.05) is 0 Å². The number of hydrogen-bond donors (Lipinski definition) is 1. The molecule has 1 nitrogen and oxygen atoms in total. The van der Waals surface area contributed by atoms with Crippen molar-refractivity contribution in [2.75, 3.05) is 6.61 Å². The molecule has 0 aliphatic heterocycles. The highest BCUT2D eigenvalue weighted by Crippen LogP contribution is 2.42. The van der Waals surface area contributed by atoms with Crippen molar-refractivity contribution in [1.82, 2.24) is 0 Å². The van der Waals surface area contributed by atoms with Gasteiger partial charge in [-0.2, -0.15) is 0 Å². The second-order valence-electron chi connectivity index (χ2n) is 5.67. The molecule has 0 bridgehead atoms. The average Bonchev–Trinajstić information content (AvgIpc) is 2.39. The van der Waals surface area contributed by atoms with Gasteiger partial charge in [0, 0.05) is 5.41 Å². The minimum atomic E-state index is 0.0320. The van der Waals surface area contributed by atoms with Crippen LogP contribution in [-0.2, 0) is 11.8 Å². The fourth-order valence-corrected chi connectivity index (χ4v) is 3.26. The second kappa shape index (κ2) is 5.22. The Hall–Kier alpha value is -0.820. The normalized spacial score (nSPS) is 25.4. The summed E-state index contributed by atoms with van der Waals surface area (Å²) in [7, 11) is 0. The van der Waals surface area contributed by atoms with Gasteiger partial charge in [-0.15, -0.1) is 0 Å². The summed E-state index contributed by atoms with van der Waals surface area (Å²) in [6.07, 6.45) is 5.86. The predicted molar refractivity (Wildman–Crippen MR) is 72.2 cm³/mol. The molecule has 0 amide bonds. The van der Waals surface area contributed by atoms with Crippen molar-refractivity contribution < 1.29 is 5.11 Å². The molecule has 94 valence electrons. The van der Waals surface area contributed by atoms with Crippen LogP contribution in [0.3, 0.4) is 0 Å². The second-order valence-corrected chi connectivity index (χ2v) is 5.67. The lowest BCUT2D eigenvalue weighted by Crippen LogP contribution is -2.36. The third-order valence-electron chi connectivity index (χ3n) is 4.43.